The van der Waals surface area contributed by atoms with Crippen molar-refractivity contribution in [3.63, 3.8) is 0 Å². The monoisotopic (exact) mass is 399 g/mol. The van der Waals surface area contributed by atoms with E-state index < -0.39 is 6.17 Å². The van der Waals surface area contributed by atoms with Crippen molar-refractivity contribution < 1.29 is 13.6 Å². The summed E-state index contributed by atoms with van der Waals surface area (Å²) in [5.41, 5.74) is 2.61. The van der Waals surface area contributed by atoms with E-state index in [0.29, 0.717) is 29.2 Å². The lowest BCUT2D eigenvalue weighted by Gasteiger charge is -2.36. The minimum atomic E-state index is -0.534. The second kappa shape index (κ2) is 7.48. The van der Waals surface area contributed by atoms with E-state index in [1.807, 2.05) is 30.3 Å². The Morgan fingerprint density at radius 1 is 0.967 bits per heavy atom. The highest BCUT2D eigenvalue weighted by Gasteiger charge is 2.34. The van der Waals surface area contributed by atoms with Gasteiger partial charge in [0.2, 0.25) is 0 Å². The summed E-state index contributed by atoms with van der Waals surface area (Å²) in [5, 5.41) is 3.39. The normalized spacial score (nSPS) is 15.6. The van der Waals surface area contributed by atoms with E-state index in [2.05, 4.69) is 10.3 Å². The third kappa shape index (κ3) is 3.22. The highest BCUT2D eigenvalue weighted by molar-refractivity contribution is 6.01. The fourth-order valence-corrected chi connectivity index (χ4v) is 3.67. The van der Waals surface area contributed by atoms with E-state index in [4.69, 9.17) is 4.42 Å². The van der Waals surface area contributed by atoms with E-state index in [0.717, 1.165) is 11.3 Å². The highest BCUT2D eigenvalue weighted by atomic mass is 19.1. The molecule has 0 bridgehead atoms. The number of nitrogens with one attached hydrogen (secondary N) is 1. The molecule has 1 aliphatic heterocycles. The Labute approximate surface area is 172 Å². The van der Waals surface area contributed by atoms with Crippen LogP contribution in [0.25, 0.3) is 11.3 Å². The zero-order chi connectivity index (χ0) is 20.5. The number of benzene rings is 2. The number of halogens is 1. The number of furan rings is 1. The van der Waals surface area contributed by atoms with Crippen LogP contribution in [0.2, 0.25) is 0 Å². The molecule has 0 saturated heterocycles. The van der Waals surface area contributed by atoms with Gasteiger partial charge >= 0.3 is 0 Å². The standard InChI is InChI=1S/C24H18FN3O2/c25-19-9-3-1-7-17(19)21-11-12-22(30-21)23-27-20-10-4-2-8-18(20)24(29)28(23)15-16-6-5-13-26-14-16/h1-14,23,27H,15H2. The first-order valence-corrected chi connectivity index (χ1v) is 9.61. The summed E-state index contributed by atoms with van der Waals surface area (Å²) in [6.07, 6.45) is 2.89. The van der Waals surface area contributed by atoms with Crippen molar-refractivity contribution in [2.45, 2.75) is 12.7 Å². The number of carbonyl (C=O) groups excluding carboxylic acids is 1. The van der Waals surface area contributed by atoms with Crippen LogP contribution in [0.4, 0.5) is 10.1 Å². The van der Waals surface area contributed by atoms with E-state index in [9.17, 15) is 9.18 Å². The molecule has 5 nitrogen and oxygen atoms in total. The van der Waals surface area contributed by atoms with Crippen molar-refractivity contribution in [2.75, 3.05) is 5.32 Å². The summed E-state index contributed by atoms with van der Waals surface area (Å²) in [6, 6.07) is 21.1. The number of pyridine rings is 1. The van der Waals surface area contributed by atoms with Crippen molar-refractivity contribution >= 4 is 11.6 Å². The van der Waals surface area contributed by atoms with Gasteiger partial charge in [-0.3, -0.25) is 9.78 Å². The third-order valence-electron chi connectivity index (χ3n) is 5.13. The number of carbonyl (C=O) groups is 1. The Kier molecular flexibility index (Phi) is 4.52. The molecule has 4 aromatic rings. The Balaban J connectivity index is 1.55. The molecule has 3 heterocycles. The zero-order valence-corrected chi connectivity index (χ0v) is 16.0. The molecule has 1 atom stereocenters. The molecule has 0 spiro atoms. The molecule has 2 aromatic heterocycles. The van der Waals surface area contributed by atoms with E-state index >= 15 is 0 Å². The van der Waals surface area contributed by atoms with Gasteiger partial charge in [0, 0.05) is 24.6 Å². The molecule has 1 amide bonds. The second-order valence-corrected chi connectivity index (χ2v) is 7.07. The van der Waals surface area contributed by atoms with Gasteiger partial charge in [0.05, 0.1) is 11.1 Å². The first-order valence-electron chi connectivity index (χ1n) is 9.61. The van der Waals surface area contributed by atoms with Gasteiger partial charge in [-0.25, -0.2) is 4.39 Å². The molecule has 6 heteroatoms. The lowest BCUT2D eigenvalue weighted by atomic mass is 10.1. The molecular formula is C24H18FN3O2. The minimum Gasteiger partial charge on any atom is -0.457 e. The van der Waals surface area contributed by atoms with Crippen LogP contribution in [0, 0.1) is 5.82 Å². The largest absolute Gasteiger partial charge is 0.457 e. The number of hydrogen-bond donors (Lipinski definition) is 1. The molecule has 5 rings (SSSR count). The SMILES string of the molecule is O=C1c2ccccc2NC(c2ccc(-c3ccccc3F)o2)N1Cc1cccnc1. The molecule has 1 N–H and O–H groups in total. The molecule has 0 radical (unpaired) electrons. The maximum absolute atomic E-state index is 14.2. The van der Waals surface area contributed by atoms with Crippen LogP contribution in [0.3, 0.4) is 0 Å². The Morgan fingerprint density at radius 2 is 1.77 bits per heavy atom. The van der Waals surface area contributed by atoms with Gasteiger partial charge in [0.1, 0.15) is 17.3 Å². The number of amides is 1. The summed E-state index contributed by atoms with van der Waals surface area (Å²) in [7, 11) is 0. The lowest BCUT2D eigenvalue weighted by molar-refractivity contribution is 0.0646. The maximum atomic E-state index is 14.2. The summed E-state index contributed by atoms with van der Waals surface area (Å²) >= 11 is 0. The smallest absolute Gasteiger partial charge is 0.258 e. The zero-order valence-electron chi connectivity index (χ0n) is 16.0. The first-order chi connectivity index (χ1) is 14.7. The van der Waals surface area contributed by atoms with Crippen molar-refractivity contribution in [3.8, 4) is 11.3 Å². The summed E-state index contributed by atoms with van der Waals surface area (Å²) < 4.78 is 20.2. The van der Waals surface area contributed by atoms with Gasteiger partial charge in [0.15, 0.2) is 6.17 Å². The van der Waals surface area contributed by atoms with Crippen LogP contribution in [-0.2, 0) is 6.54 Å². The number of hydrogen-bond acceptors (Lipinski definition) is 4. The van der Waals surface area contributed by atoms with Crippen LogP contribution in [0.15, 0.2) is 89.6 Å². The van der Waals surface area contributed by atoms with Gasteiger partial charge in [-0.05, 0) is 48.0 Å². The van der Waals surface area contributed by atoms with Crippen LogP contribution in [0.5, 0.6) is 0 Å². The van der Waals surface area contributed by atoms with Gasteiger partial charge < -0.3 is 14.6 Å². The van der Waals surface area contributed by atoms with Gasteiger partial charge in [-0.1, -0.05) is 30.3 Å². The van der Waals surface area contributed by atoms with Gasteiger partial charge in [-0.15, -0.1) is 0 Å². The van der Waals surface area contributed by atoms with Crippen molar-refractivity contribution in [1.29, 1.82) is 0 Å². The number of fused-ring (bicyclic) bond motifs is 1. The van der Waals surface area contributed by atoms with Gasteiger partial charge in [-0.2, -0.15) is 0 Å². The molecule has 2 aromatic carbocycles. The Morgan fingerprint density at radius 3 is 2.57 bits per heavy atom. The number of nitrogens with zero attached hydrogens (tertiary/aromatic N) is 2. The van der Waals surface area contributed by atoms with Crippen LogP contribution in [-0.4, -0.2) is 15.8 Å². The number of para-hydroxylation sites is 1. The molecule has 148 valence electrons. The molecule has 30 heavy (non-hydrogen) atoms. The lowest BCUT2D eigenvalue weighted by Crippen LogP contribution is -2.42. The average molecular weight is 399 g/mol. The molecule has 0 fully saturated rings. The molecule has 1 unspecified atom stereocenters. The fourth-order valence-electron chi connectivity index (χ4n) is 3.67. The summed E-state index contributed by atoms with van der Waals surface area (Å²) in [6.45, 7) is 0.356. The van der Waals surface area contributed by atoms with Gasteiger partial charge in [0.25, 0.3) is 5.91 Å². The Hall–Kier alpha value is -3.93. The van der Waals surface area contributed by atoms with Crippen molar-refractivity contribution in [1.82, 2.24) is 9.88 Å². The third-order valence-corrected chi connectivity index (χ3v) is 5.13. The molecule has 1 aliphatic rings. The van der Waals surface area contributed by atoms with E-state index in [1.165, 1.54) is 6.07 Å². The molecule has 0 aliphatic carbocycles. The number of aromatic nitrogens is 1. The summed E-state index contributed by atoms with van der Waals surface area (Å²) in [4.78, 5) is 19.1. The minimum absolute atomic E-state index is 0.109. The highest BCUT2D eigenvalue weighted by Crippen LogP contribution is 2.36. The van der Waals surface area contributed by atoms with E-state index in [-0.39, 0.29) is 11.7 Å². The summed E-state index contributed by atoms with van der Waals surface area (Å²) in [5.74, 6) is 0.475. The fraction of sp³-hybridized carbons (Fsp3) is 0.0833. The average Bonchev–Trinajstić information content (AvgIpc) is 3.26. The van der Waals surface area contributed by atoms with E-state index in [1.54, 1.807) is 53.7 Å². The van der Waals surface area contributed by atoms with Crippen molar-refractivity contribution in [2.24, 2.45) is 0 Å². The topological polar surface area (TPSA) is 58.4 Å². The van der Waals surface area contributed by atoms with Crippen LogP contribution < -0.4 is 5.32 Å². The molecule has 0 saturated carbocycles. The van der Waals surface area contributed by atoms with Crippen molar-refractivity contribution in [3.05, 3.63) is 108 Å². The second-order valence-electron chi connectivity index (χ2n) is 7.07. The predicted molar refractivity (Wildman–Crippen MR) is 111 cm³/mol. The quantitative estimate of drug-likeness (QED) is 0.509. The Bertz CT molecular complexity index is 1210. The molecular weight excluding hydrogens is 381 g/mol. The first kappa shape index (κ1) is 18.1. The predicted octanol–water partition coefficient (Wildman–Crippen LogP) is 5.25. The van der Waals surface area contributed by atoms with Crippen LogP contribution >= 0.6 is 0 Å². The number of anilines is 1. The maximum Gasteiger partial charge on any atom is 0.258 e. The number of rotatable bonds is 4. The van der Waals surface area contributed by atoms with Crippen LogP contribution in [0.1, 0.15) is 27.8 Å².